The van der Waals surface area contributed by atoms with Crippen LogP contribution in [-0.4, -0.2) is 62.0 Å². The third-order valence-electron chi connectivity index (χ3n) is 3.72. The number of likely N-dealkylation sites (tertiary alicyclic amines) is 1. The van der Waals surface area contributed by atoms with Gasteiger partial charge in [-0.2, -0.15) is 0 Å². The molecule has 1 heterocycles. The Morgan fingerprint density at radius 1 is 1.23 bits per heavy atom. The van der Waals surface area contributed by atoms with Crippen LogP contribution in [0, 0.1) is 0 Å². The summed E-state index contributed by atoms with van der Waals surface area (Å²) in [7, 11) is 5.00. The maximum atomic E-state index is 12.3. The normalized spacial score (nSPS) is 17.2. The highest BCUT2D eigenvalue weighted by molar-refractivity contribution is 5.88. The van der Waals surface area contributed by atoms with Crippen LogP contribution >= 0.6 is 0 Å². The van der Waals surface area contributed by atoms with Gasteiger partial charge in [0.15, 0.2) is 6.61 Å². The van der Waals surface area contributed by atoms with Gasteiger partial charge in [0.1, 0.15) is 17.5 Å². The summed E-state index contributed by atoms with van der Waals surface area (Å²) in [6, 6.07) is 6.68. The zero-order valence-electron chi connectivity index (χ0n) is 13.2. The predicted octanol–water partition coefficient (Wildman–Crippen LogP) is 1.15. The second-order valence-corrected chi connectivity index (χ2v) is 5.44. The number of nitrogens with zero attached hydrogens (tertiary/aromatic N) is 2. The Labute approximate surface area is 130 Å². The summed E-state index contributed by atoms with van der Waals surface area (Å²) in [5.41, 5.74) is 0. The number of carbonyl (C=O) groups is 2. The number of hydrogen-bond acceptors (Lipinski definition) is 4. The van der Waals surface area contributed by atoms with E-state index >= 15 is 0 Å². The van der Waals surface area contributed by atoms with E-state index in [0.717, 1.165) is 12.2 Å². The Kier molecular flexibility index (Phi) is 5.25. The lowest BCUT2D eigenvalue weighted by molar-refractivity contribution is -0.143. The molecule has 1 atom stereocenters. The molecule has 1 saturated heterocycles. The summed E-state index contributed by atoms with van der Waals surface area (Å²) in [6.45, 7) is 0.540. The summed E-state index contributed by atoms with van der Waals surface area (Å²) in [5.74, 6) is 1.14. The van der Waals surface area contributed by atoms with Crippen molar-refractivity contribution in [2.45, 2.75) is 18.9 Å². The molecule has 22 heavy (non-hydrogen) atoms. The molecular formula is C16H22N2O4. The first-order chi connectivity index (χ1) is 10.5. The van der Waals surface area contributed by atoms with Crippen molar-refractivity contribution in [1.82, 2.24) is 9.80 Å². The molecule has 0 spiro atoms. The van der Waals surface area contributed by atoms with E-state index in [1.807, 2.05) is 0 Å². The quantitative estimate of drug-likeness (QED) is 0.819. The molecule has 120 valence electrons. The van der Waals surface area contributed by atoms with Crippen molar-refractivity contribution in [1.29, 1.82) is 0 Å². The molecule has 6 nitrogen and oxygen atoms in total. The summed E-state index contributed by atoms with van der Waals surface area (Å²) < 4.78 is 10.6. The minimum atomic E-state index is -0.359. The minimum Gasteiger partial charge on any atom is -0.497 e. The second-order valence-electron chi connectivity index (χ2n) is 5.44. The van der Waals surface area contributed by atoms with Gasteiger partial charge in [-0.15, -0.1) is 0 Å². The number of hydrogen-bond donors (Lipinski definition) is 0. The van der Waals surface area contributed by atoms with E-state index in [4.69, 9.17) is 9.47 Å². The standard InChI is InChI=1S/C16H22N2O4/c1-17(2)16(20)14-5-4-10-18(14)15(19)11-22-13-8-6-12(21-3)7-9-13/h6-9,14H,4-5,10-11H2,1-3H3. The smallest absolute Gasteiger partial charge is 0.261 e. The second kappa shape index (κ2) is 7.15. The maximum Gasteiger partial charge on any atom is 0.261 e. The SMILES string of the molecule is COc1ccc(OCC(=O)N2CCCC2C(=O)N(C)C)cc1. The Balaban J connectivity index is 1.92. The molecule has 0 saturated carbocycles. The van der Waals surface area contributed by atoms with Crippen molar-refractivity contribution in [2.75, 3.05) is 34.4 Å². The van der Waals surface area contributed by atoms with Crippen LogP contribution in [0.5, 0.6) is 11.5 Å². The van der Waals surface area contributed by atoms with Crippen molar-refractivity contribution >= 4 is 11.8 Å². The topological polar surface area (TPSA) is 59.1 Å². The fourth-order valence-corrected chi connectivity index (χ4v) is 2.52. The molecule has 0 aliphatic carbocycles. The zero-order valence-corrected chi connectivity index (χ0v) is 13.2. The number of carbonyl (C=O) groups excluding carboxylic acids is 2. The first kappa shape index (κ1) is 16.1. The van der Waals surface area contributed by atoms with Crippen LogP contribution in [0.4, 0.5) is 0 Å². The van der Waals surface area contributed by atoms with E-state index < -0.39 is 0 Å². The van der Waals surface area contributed by atoms with Crippen LogP contribution in [0.2, 0.25) is 0 Å². The average molecular weight is 306 g/mol. The van der Waals surface area contributed by atoms with E-state index in [1.165, 1.54) is 4.90 Å². The third-order valence-corrected chi connectivity index (χ3v) is 3.72. The van der Waals surface area contributed by atoms with E-state index in [2.05, 4.69) is 0 Å². The number of rotatable bonds is 5. The van der Waals surface area contributed by atoms with E-state index in [1.54, 1.807) is 50.4 Å². The number of benzene rings is 1. The van der Waals surface area contributed by atoms with Gasteiger partial charge in [-0.1, -0.05) is 0 Å². The molecule has 1 aromatic rings. The van der Waals surface area contributed by atoms with Gasteiger partial charge in [0, 0.05) is 20.6 Å². The first-order valence-corrected chi connectivity index (χ1v) is 7.30. The average Bonchev–Trinajstić information content (AvgIpc) is 3.01. The van der Waals surface area contributed by atoms with Gasteiger partial charge in [-0.05, 0) is 37.1 Å². The van der Waals surface area contributed by atoms with Gasteiger partial charge in [-0.25, -0.2) is 0 Å². The largest absolute Gasteiger partial charge is 0.497 e. The Morgan fingerprint density at radius 3 is 2.45 bits per heavy atom. The van der Waals surface area contributed by atoms with Gasteiger partial charge in [0.05, 0.1) is 7.11 Å². The summed E-state index contributed by atoms with van der Waals surface area (Å²) >= 11 is 0. The predicted molar refractivity (Wildman–Crippen MR) is 81.9 cm³/mol. The maximum absolute atomic E-state index is 12.3. The lowest BCUT2D eigenvalue weighted by Crippen LogP contribution is -2.46. The molecule has 1 aliphatic heterocycles. The molecule has 1 aromatic carbocycles. The zero-order chi connectivity index (χ0) is 16.1. The van der Waals surface area contributed by atoms with Crippen LogP contribution in [0.25, 0.3) is 0 Å². The summed E-state index contributed by atoms with van der Waals surface area (Å²) in [6.07, 6.45) is 1.56. The third kappa shape index (κ3) is 3.69. The first-order valence-electron chi connectivity index (χ1n) is 7.30. The van der Waals surface area contributed by atoms with Crippen molar-refractivity contribution in [3.05, 3.63) is 24.3 Å². The Morgan fingerprint density at radius 2 is 1.86 bits per heavy atom. The van der Waals surface area contributed by atoms with Gasteiger partial charge in [0.2, 0.25) is 5.91 Å². The molecule has 0 bridgehead atoms. The van der Waals surface area contributed by atoms with Crippen LogP contribution in [0.1, 0.15) is 12.8 Å². The fourth-order valence-electron chi connectivity index (χ4n) is 2.52. The van der Waals surface area contributed by atoms with Crippen molar-refractivity contribution in [2.24, 2.45) is 0 Å². The monoisotopic (exact) mass is 306 g/mol. The van der Waals surface area contributed by atoms with Gasteiger partial charge >= 0.3 is 0 Å². The fraction of sp³-hybridized carbons (Fsp3) is 0.500. The molecule has 2 rings (SSSR count). The number of likely N-dealkylation sites (N-methyl/N-ethyl adjacent to an activating group) is 1. The summed E-state index contributed by atoms with van der Waals surface area (Å²) in [4.78, 5) is 27.5. The van der Waals surface area contributed by atoms with Crippen LogP contribution in [0.3, 0.4) is 0 Å². The molecule has 1 unspecified atom stereocenters. The number of ether oxygens (including phenoxy) is 2. The van der Waals surface area contributed by atoms with Gasteiger partial charge in [-0.3, -0.25) is 9.59 Å². The van der Waals surface area contributed by atoms with E-state index in [9.17, 15) is 9.59 Å². The molecule has 1 aliphatic rings. The minimum absolute atomic E-state index is 0.0321. The molecule has 6 heteroatoms. The Hall–Kier alpha value is -2.24. The summed E-state index contributed by atoms with van der Waals surface area (Å²) in [5, 5.41) is 0. The van der Waals surface area contributed by atoms with E-state index in [-0.39, 0.29) is 24.5 Å². The number of methoxy groups -OCH3 is 1. The highest BCUT2D eigenvalue weighted by Crippen LogP contribution is 2.20. The molecule has 0 aromatic heterocycles. The molecule has 1 fully saturated rings. The van der Waals surface area contributed by atoms with E-state index in [0.29, 0.717) is 18.7 Å². The lowest BCUT2D eigenvalue weighted by atomic mass is 10.2. The van der Waals surface area contributed by atoms with Crippen molar-refractivity contribution in [3.63, 3.8) is 0 Å². The molecule has 0 N–H and O–H groups in total. The van der Waals surface area contributed by atoms with Gasteiger partial charge in [0.25, 0.3) is 5.91 Å². The Bertz CT molecular complexity index is 527. The highest BCUT2D eigenvalue weighted by atomic mass is 16.5. The molecule has 0 radical (unpaired) electrons. The van der Waals surface area contributed by atoms with Gasteiger partial charge < -0.3 is 19.3 Å². The lowest BCUT2D eigenvalue weighted by Gasteiger charge is -2.26. The number of amides is 2. The van der Waals surface area contributed by atoms with Crippen LogP contribution in [-0.2, 0) is 9.59 Å². The molecule has 2 amide bonds. The van der Waals surface area contributed by atoms with Crippen molar-refractivity contribution < 1.29 is 19.1 Å². The highest BCUT2D eigenvalue weighted by Gasteiger charge is 2.34. The van der Waals surface area contributed by atoms with Crippen LogP contribution < -0.4 is 9.47 Å². The van der Waals surface area contributed by atoms with Crippen LogP contribution in [0.15, 0.2) is 24.3 Å². The molecular weight excluding hydrogens is 284 g/mol. The van der Waals surface area contributed by atoms with Crippen molar-refractivity contribution in [3.8, 4) is 11.5 Å².